The maximum atomic E-state index is 12.3. The number of carbonyl (C=O) groups excluding carboxylic acids is 2. The zero-order chi connectivity index (χ0) is 15.1. The van der Waals surface area contributed by atoms with Crippen LogP contribution in [0, 0.1) is 5.92 Å². The molecule has 0 spiro atoms. The number of nitrogens with zero attached hydrogens (tertiary/aromatic N) is 2. The lowest BCUT2D eigenvalue weighted by atomic mass is 9.97. The van der Waals surface area contributed by atoms with Crippen molar-refractivity contribution in [3.63, 3.8) is 0 Å². The molecule has 2 saturated heterocycles. The summed E-state index contributed by atoms with van der Waals surface area (Å²) in [6, 6.07) is 0. The predicted octanol–water partition coefficient (Wildman–Crippen LogP) is -0.214. The van der Waals surface area contributed by atoms with Crippen LogP contribution in [0.1, 0.15) is 32.1 Å². The molecule has 0 aromatic rings. The zero-order valence-corrected chi connectivity index (χ0v) is 12.9. The third-order valence-electron chi connectivity index (χ3n) is 4.43. The summed E-state index contributed by atoms with van der Waals surface area (Å²) >= 11 is 0. The summed E-state index contributed by atoms with van der Waals surface area (Å²) in [5, 5.41) is 2.83. The Balaban J connectivity index is 1.74. The minimum absolute atomic E-state index is 0.0393. The van der Waals surface area contributed by atoms with E-state index < -0.39 is 0 Å². The molecule has 2 rings (SSSR count). The van der Waals surface area contributed by atoms with Crippen molar-refractivity contribution in [2.45, 2.75) is 32.1 Å². The summed E-state index contributed by atoms with van der Waals surface area (Å²) in [5.41, 5.74) is 5.40. The first-order valence-electron chi connectivity index (χ1n) is 8.18. The van der Waals surface area contributed by atoms with Crippen molar-refractivity contribution in [2.24, 2.45) is 11.7 Å². The molecule has 6 nitrogen and oxygen atoms in total. The van der Waals surface area contributed by atoms with Gasteiger partial charge in [0, 0.05) is 39.1 Å². The van der Waals surface area contributed by atoms with Crippen LogP contribution in [0.25, 0.3) is 0 Å². The maximum Gasteiger partial charge on any atom is 0.224 e. The summed E-state index contributed by atoms with van der Waals surface area (Å²) in [5.74, 6) is 0.164. The molecule has 21 heavy (non-hydrogen) atoms. The fraction of sp³-hybridized carbons (Fsp3) is 0.867. The lowest BCUT2D eigenvalue weighted by Gasteiger charge is -2.32. The minimum atomic E-state index is -0.0685. The maximum absolute atomic E-state index is 12.3. The Morgan fingerprint density at radius 2 is 1.90 bits per heavy atom. The number of amides is 2. The molecular weight excluding hydrogens is 268 g/mol. The Morgan fingerprint density at radius 1 is 1.14 bits per heavy atom. The van der Waals surface area contributed by atoms with Crippen molar-refractivity contribution >= 4 is 11.8 Å². The van der Waals surface area contributed by atoms with Crippen LogP contribution < -0.4 is 11.1 Å². The Morgan fingerprint density at radius 3 is 2.62 bits per heavy atom. The van der Waals surface area contributed by atoms with Gasteiger partial charge in [0.25, 0.3) is 0 Å². The lowest BCUT2D eigenvalue weighted by Crippen LogP contribution is -2.46. The van der Waals surface area contributed by atoms with E-state index >= 15 is 0 Å². The highest BCUT2D eigenvalue weighted by Crippen LogP contribution is 2.18. The van der Waals surface area contributed by atoms with Gasteiger partial charge in [0.2, 0.25) is 11.8 Å². The first kappa shape index (κ1) is 16.2. The fourth-order valence-electron chi connectivity index (χ4n) is 3.18. The minimum Gasteiger partial charge on any atom is -0.355 e. The molecule has 2 fully saturated rings. The van der Waals surface area contributed by atoms with Gasteiger partial charge in [-0.15, -0.1) is 0 Å². The summed E-state index contributed by atoms with van der Waals surface area (Å²) in [4.78, 5) is 28.5. The van der Waals surface area contributed by atoms with Crippen LogP contribution in [0.5, 0.6) is 0 Å². The van der Waals surface area contributed by atoms with Crippen molar-refractivity contribution in [3.8, 4) is 0 Å². The average Bonchev–Trinajstić information content (AvgIpc) is 3.03. The van der Waals surface area contributed by atoms with Gasteiger partial charge in [0.05, 0.1) is 5.92 Å². The van der Waals surface area contributed by atoms with E-state index in [4.69, 9.17) is 5.73 Å². The molecule has 1 unspecified atom stereocenters. The molecule has 3 N–H and O–H groups in total. The number of hydrogen-bond donors (Lipinski definition) is 2. The average molecular weight is 296 g/mol. The normalized spacial score (nSPS) is 23.3. The molecule has 2 heterocycles. The van der Waals surface area contributed by atoms with E-state index in [-0.39, 0.29) is 17.7 Å². The standard InChI is InChI=1S/C15H28N4O2/c16-6-7-17-15(21)13-4-3-10-19(12-13)14(20)5-11-18-8-1-2-9-18/h13H,1-12,16H2,(H,17,21). The van der Waals surface area contributed by atoms with Gasteiger partial charge in [0.15, 0.2) is 0 Å². The van der Waals surface area contributed by atoms with E-state index in [2.05, 4.69) is 10.2 Å². The van der Waals surface area contributed by atoms with Crippen LogP contribution in [0.15, 0.2) is 0 Å². The van der Waals surface area contributed by atoms with E-state index in [0.717, 1.165) is 39.0 Å². The quantitative estimate of drug-likeness (QED) is 0.711. The molecule has 120 valence electrons. The highest BCUT2D eigenvalue weighted by Gasteiger charge is 2.28. The van der Waals surface area contributed by atoms with Crippen molar-refractivity contribution in [1.82, 2.24) is 15.1 Å². The Kier molecular flexibility index (Phi) is 6.45. The van der Waals surface area contributed by atoms with E-state index in [9.17, 15) is 9.59 Å². The van der Waals surface area contributed by atoms with Crippen molar-refractivity contribution < 1.29 is 9.59 Å². The summed E-state index contributed by atoms with van der Waals surface area (Å²) < 4.78 is 0. The number of carbonyl (C=O) groups is 2. The lowest BCUT2D eigenvalue weighted by molar-refractivity contribution is -0.135. The Hall–Kier alpha value is -1.14. The second-order valence-electron chi connectivity index (χ2n) is 6.06. The topological polar surface area (TPSA) is 78.7 Å². The van der Waals surface area contributed by atoms with Crippen LogP contribution in [-0.4, -0.2) is 67.4 Å². The number of likely N-dealkylation sites (tertiary alicyclic amines) is 2. The molecule has 1 atom stereocenters. The first-order valence-corrected chi connectivity index (χ1v) is 8.18. The van der Waals surface area contributed by atoms with Crippen LogP contribution in [-0.2, 0) is 9.59 Å². The molecule has 2 aliphatic heterocycles. The third kappa shape index (κ3) is 4.97. The van der Waals surface area contributed by atoms with Gasteiger partial charge in [0.1, 0.15) is 0 Å². The largest absolute Gasteiger partial charge is 0.355 e. The second kappa shape index (κ2) is 8.34. The van der Waals surface area contributed by atoms with Gasteiger partial charge in [-0.1, -0.05) is 0 Å². The molecule has 0 aromatic carbocycles. The van der Waals surface area contributed by atoms with E-state index in [1.807, 2.05) is 4.90 Å². The Labute approximate surface area is 127 Å². The highest BCUT2D eigenvalue weighted by atomic mass is 16.2. The molecule has 0 bridgehead atoms. The molecule has 0 saturated carbocycles. The Bertz CT molecular complexity index is 356. The first-order chi connectivity index (χ1) is 10.2. The fourth-order valence-corrected chi connectivity index (χ4v) is 3.18. The molecular formula is C15H28N4O2. The van der Waals surface area contributed by atoms with Crippen LogP contribution in [0.4, 0.5) is 0 Å². The van der Waals surface area contributed by atoms with Gasteiger partial charge in [-0.05, 0) is 38.8 Å². The molecule has 6 heteroatoms. The van der Waals surface area contributed by atoms with E-state index in [0.29, 0.717) is 26.1 Å². The van der Waals surface area contributed by atoms with Gasteiger partial charge in [-0.25, -0.2) is 0 Å². The molecule has 0 aliphatic carbocycles. The van der Waals surface area contributed by atoms with Gasteiger partial charge >= 0.3 is 0 Å². The number of rotatable bonds is 6. The number of nitrogens with one attached hydrogen (secondary N) is 1. The molecule has 0 radical (unpaired) electrons. The van der Waals surface area contributed by atoms with Crippen molar-refractivity contribution in [1.29, 1.82) is 0 Å². The van der Waals surface area contributed by atoms with Crippen LogP contribution in [0.3, 0.4) is 0 Å². The van der Waals surface area contributed by atoms with E-state index in [1.165, 1.54) is 12.8 Å². The smallest absolute Gasteiger partial charge is 0.224 e. The summed E-state index contributed by atoms with van der Waals surface area (Å²) in [6.07, 6.45) is 4.86. The van der Waals surface area contributed by atoms with Gasteiger partial charge < -0.3 is 20.9 Å². The molecule has 0 aromatic heterocycles. The second-order valence-corrected chi connectivity index (χ2v) is 6.06. The third-order valence-corrected chi connectivity index (χ3v) is 4.43. The molecule has 2 aliphatic rings. The monoisotopic (exact) mass is 296 g/mol. The van der Waals surface area contributed by atoms with Crippen LogP contribution >= 0.6 is 0 Å². The SMILES string of the molecule is NCCNC(=O)C1CCCN(C(=O)CCN2CCCC2)C1. The van der Waals surface area contributed by atoms with Crippen LogP contribution in [0.2, 0.25) is 0 Å². The number of hydrogen-bond acceptors (Lipinski definition) is 4. The summed E-state index contributed by atoms with van der Waals surface area (Å²) in [7, 11) is 0. The van der Waals surface area contributed by atoms with Gasteiger partial charge in [-0.3, -0.25) is 9.59 Å². The summed E-state index contributed by atoms with van der Waals surface area (Å²) in [6.45, 7) is 5.43. The van der Waals surface area contributed by atoms with Gasteiger partial charge in [-0.2, -0.15) is 0 Å². The predicted molar refractivity (Wildman–Crippen MR) is 81.7 cm³/mol. The number of piperidine rings is 1. The van der Waals surface area contributed by atoms with Crippen molar-refractivity contribution in [3.05, 3.63) is 0 Å². The zero-order valence-electron chi connectivity index (χ0n) is 12.9. The number of nitrogens with two attached hydrogens (primary N) is 1. The highest BCUT2D eigenvalue weighted by molar-refractivity contribution is 5.81. The van der Waals surface area contributed by atoms with Crippen molar-refractivity contribution in [2.75, 3.05) is 45.8 Å². The molecule has 2 amide bonds. The van der Waals surface area contributed by atoms with E-state index in [1.54, 1.807) is 0 Å².